The fourth-order valence-corrected chi connectivity index (χ4v) is 2.22. The Hall–Kier alpha value is -1.15. The van der Waals surface area contributed by atoms with Crippen molar-refractivity contribution in [1.82, 2.24) is 5.32 Å². The average Bonchev–Trinajstić information content (AvgIpc) is 2.34. The second-order valence-electron chi connectivity index (χ2n) is 3.57. The van der Waals surface area contributed by atoms with Gasteiger partial charge < -0.3 is 15.2 Å². The third kappa shape index (κ3) is 3.95. The minimum absolute atomic E-state index is 0.139. The van der Waals surface area contributed by atoms with Gasteiger partial charge in [0, 0.05) is 23.8 Å². The number of carbonyl (C=O) groups is 2. The third-order valence-corrected chi connectivity index (χ3v) is 3.45. The van der Waals surface area contributed by atoms with Gasteiger partial charge in [-0.25, -0.2) is 4.79 Å². The molecule has 5 nitrogen and oxygen atoms in total. The summed E-state index contributed by atoms with van der Waals surface area (Å²) in [5, 5.41) is 11.7. The zero-order valence-corrected chi connectivity index (χ0v) is 12.1. The predicted molar refractivity (Wildman–Crippen MR) is 74.9 cm³/mol. The Bertz CT molecular complexity index is 448. The maximum absolute atomic E-state index is 11.9. The molecule has 0 aliphatic rings. The molecule has 18 heavy (non-hydrogen) atoms. The lowest BCUT2D eigenvalue weighted by Gasteiger charge is -2.08. The van der Waals surface area contributed by atoms with Crippen LogP contribution < -0.4 is 5.32 Å². The summed E-state index contributed by atoms with van der Waals surface area (Å²) in [6, 6.07) is 4.65. The van der Waals surface area contributed by atoms with Crippen LogP contribution in [0.3, 0.4) is 0 Å². The van der Waals surface area contributed by atoms with Crippen molar-refractivity contribution in [3.8, 4) is 0 Å². The topological polar surface area (TPSA) is 75.6 Å². The first kappa shape index (κ1) is 14.9. The quantitative estimate of drug-likeness (QED) is 0.597. The number of hydrogen-bond donors (Lipinski definition) is 2. The maximum atomic E-state index is 11.9. The first-order valence-corrected chi connectivity index (χ1v) is 6.44. The number of carboxylic acids is 1. The second kappa shape index (κ2) is 7.32. The molecule has 98 valence electrons. The van der Waals surface area contributed by atoms with Crippen LogP contribution in [0.15, 0.2) is 18.2 Å². The summed E-state index contributed by atoms with van der Waals surface area (Å²) in [6.07, 6.45) is 0.720. The molecule has 1 aromatic carbocycles. The number of carboxylic acid groups (broad SMARTS) is 1. The highest BCUT2D eigenvalue weighted by Gasteiger charge is 2.15. The zero-order chi connectivity index (χ0) is 13.5. The van der Waals surface area contributed by atoms with Crippen LogP contribution in [-0.2, 0) is 4.74 Å². The molecule has 2 N–H and O–H groups in total. The minimum Gasteiger partial charge on any atom is -0.478 e. The monoisotopic (exact) mass is 363 g/mol. The number of amides is 1. The Kier molecular flexibility index (Phi) is 6.06. The highest BCUT2D eigenvalue weighted by Crippen LogP contribution is 2.17. The molecule has 0 heterocycles. The Labute approximate surface area is 119 Å². The third-order valence-electron chi connectivity index (χ3n) is 2.28. The molecule has 1 aromatic rings. The van der Waals surface area contributed by atoms with Crippen LogP contribution in [0.2, 0.25) is 0 Å². The molecule has 0 atom stereocenters. The van der Waals surface area contributed by atoms with Crippen molar-refractivity contribution >= 4 is 34.5 Å². The van der Waals surface area contributed by atoms with E-state index in [0.29, 0.717) is 22.3 Å². The van der Waals surface area contributed by atoms with Crippen LogP contribution in [0.4, 0.5) is 0 Å². The Morgan fingerprint density at radius 3 is 2.67 bits per heavy atom. The SMILES string of the molecule is COCCCNC(=O)c1cccc(C(=O)O)c1I. The first-order valence-electron chi connectivity index (χ1n) is 5.37. The molecule has 0 unspecified atom stereocenters. The van der Waals surface area contributed by atoms with Crippen LogP contribution >= 0.6 is 22.6 Å². The first-order chi connectivity index (χ1) is 8.57. The Balaban J connectivity index is 2.74. The van der Waals surface area contributed by atoms with Crippen molar-refractivity contribution < 1.29 is 19.4 Å². The lowest BCUT2D eigenvalue weighted by atomic mass is 10.1. The predicted octanol–water partition coefficient (Wildman–Crippen LogP) is 1.76. The number of hydrogen-bond acceptors (Lipinski definition) is 3. The number of aromatic carboxylic acids is 1. The molecule has 1 rings (SSSR count). The summed E-state index contributed by atoms with van der Waals surface area (Å²) in [6.45, 7) is 1.08. The lowest BCUT2D eigenvalue weighted by molar-refractivity contribution is 0.0695. The number of benzene rings is 1. The molecular weight excluding hydrogens is 349 g/mol. The number of rotatable bonds is 6. The van der Waals surface area contributed by atoms with Gasteiger partial charge in [0.25, 0.3) is 5.91 Å². The van der Waals surface area contributed by atoms with E-state index < -0.39 is 5.97 Å². The van der Waals surface area contributed by atoms with Gasteiger partial charge in [-0.3, -0.25) is 4.79 Å². The highest BCUT2D eigenvalue weighted by atomic mass is 127. The number of ether oxygens (including phenoxy) is 1. The van der Waals surface area contributed by atoms with E-state index in [9.17, 15) is 9.59 Å². The standard InChI is InChI=1S/C12H14INO4/c1-18-7-3-6-14-11(15)8-4-2-5-9(10(8)13)12(16)17/h2,4-5H,3,6-7H2,1H3,(H,14,15)(H,16,17). The van der Waals surface area contributed by atoms with Crippen LogP contribution in [-0.4, -0.2) is 37.2 Å². The Morgan fingerprint density at radius 2 is 2.06 bits per heavy atom. The van der Waals surface area contributed by atoms with Gasteiger partial charge in [-0.2, -0.15) is 0 Å². The highest BCUT2D eigenvalue weighted by molar-refractivity contribution is 14.1. The van der Waals surface area contributed by atoms with E-state index in [4.69, 9.17) is 9.84 Å². The van der Waals surface area contributed by atoms with Crippen molar-refractivity contribution in [2.75, 3.05) is 20.3 Å². The summed E-state index contributed by atoms with van der Waals surface area (Å²) in [5.41, 5.74) is 0.521. The largest absolute Gasteiger partial charge is 0.478 e. The van der Waals surface area contributed by atoms with Crippen molar-refractivity contribution in [3.05, 3.63) is 32.9 Å². The summed E-state index contributed by atoms with van der Waals surface area (Å²) in [7, 11) is 1.60. The van der Waals surface area contributed by atoms with Gasteiger partial charge in [0.05, 0.1) is 11.1 Å². The van der Waals surface area contributed by atoms with Gasteiger partial charge in [-0.05, 0) is 41.1 Å². The molecule has 0 saturated carbocycles. The number of nitrogens with one attached hydrogen (secondary N) is 1. The molecule has 0 saturated heterocycles. The lowest BCUT2D eigenvalue weighted by Crippen LogP contribution is -2.26. The van der Waals surface area contributed by atoms with Gasteiger partial charge in [-0.1, -0.05) is 6.07 Å². The maximum Gasteiger partial charge on any atom is 0.336 e. The van der Waals surface area contributed by atoms with E-state index in [1.807, 2.05) is 22.6 Å². The minimum atomic E-state index is -1.03. The summed E-state index contributed by atoms with van der Waals surface area (Å²) in [5.74, 6) is -1.30. The molecule has 0 aromatic heterocycles. The molecule has 0 radical (unpaired) electrons. The summed E-state index contributed by atoms with van der Waals surface area (Å²) in [4.78, 5) is 22.8. The zero-order valence-electron chi connectivity index (χ0n) is 9.90. The molecule has 6 heteroatoms. The smallest absolute Gasteiger partial charge is 0.336 e. The van der Waals surface area contributed by atoms with E-state index in [0.717, 1.165) is 6.42 Å². The normalized spacial score (nSPS) is 10.1. The van der Waals surface area contributed by atoms with Crippen molar-refractivity contribution in [3.63, 3.8) is 0 Å². The van der Waals surface area contributed by atoms with E-state index in [-0.39, 0.29) is 11.5 Å². The van der Waals surface area contributed by atoms with Crippen molar-refractivity contribution in [2.24, 2.45) is 0 Å². The van der Waals surface area contributed by atoms with Gasteiger partial charge >= 0.3 is 5.97 Å². The number of carbonyl (C=O) groups excluding carboxylic acids is 1. The molecule has 0 aliphatic heterocycles. The molecule has 0 bridgehead atoms. The summed E-state index contributed by atoms with van der Waals surface area (Å²) < 4.78 is 5.32. The number of methoxy groups -OCH3 is 1. The molecule has 0 spiro atoms. The van der Waals surface area contributed by atoms with Crippen LogP contribution in [0.1, 0.15) is 27.1 Å². The van der Waals surface area contributed by atoms with E-state index in [1.165, 1.54) is 6.07 Å². The fourth-order valence-electron chi connectivity index (χ4n) is 1.39. The second-order valence-corrected chi connectivity index (χ2v) is 4.65. The molecule has 1 amide bonds. The van der Waals surface area contributed by atoms with Crippen LogP contribution in [0, 0.1) is 3.57 Å². The van der Waals surface area contributed by atoms with Gasteiger partial charge in [0.2, 0.25) is 0 Å². The van der Waals surface area contributed by atoms with E-state index >= 15 is 0 Å². The fraction of sp³-hybridized carbons (Fsp3) is 0.333. The molecule has 0 fully saturated rings. The number of halogens is 1. The average molecular weight is 363 g/mol. The molecular formula is C12H14INO4. The van der Waals surface area contributed by atoms with E-state index in [1.54, 1.807) is 19.2 Å². The van der Waals surface area contributed by atoms with Gasteiger partial charge in [0.1, 0.15) is 0 Å². The van der Waals surface area contributed by atoms with Crippen LogP contribution in [0.25, 0.3) is 0 Å². The van der Waals surface area contributed by atoms with Crippen molar-refractivity contribution in [1.29, 1.82) is 0 Å². The van der Waals surface area contributed by atoms with Gasteiger partial charge in [0.15, 0.2) is 0 Å². The Morgan fingerprint density at radius 1 is 1.39 bits per heavy atom. The van der Waals surface area contributed by atoms with E-state index in [2.05, 4.69) is 5.32 Å². The molecule has 0 aliphatic carbocycles. The van der Waals surface area contributed by atoms with Gasteiger partial charge in [-0.15, -0.1) is 0 Å². The summed E-state index contributed by atoms with van der Waals surface area (Å²) >= 11 is 1.87. The van der Waals surface area contributed by atoms with Crippen molar-refractivity contribution in [2.45, 2.75) is 6.42 Å². The van der Waals surface area contributed by atoms with Crippen LogP contribution in [0.5, 0.6) is 0 Å².